The van der Waals surface area contributed by atoms with Gasteiger partial charge >= 0.3 is 157 Å². The summed E-state index contributed by atoms with van der Waals surface area (Å²) in [6, 6.07) is 3.89. The van der Waals surface area contributed by atoms with Crippen LogP contribution in [-0.4, -0.2) is 66.8 Å². The van der Waals surface area contributed by atoms with E-state index in [2.05, 4.69) is 37.1 Å². The molecule has 1 fully saturated rings. The van der Waals surface area contributed by atoms with E-state index in [9.17, 15) is 0 Å². The number of nitrogens with zero attached hydrogens (tertiary/aromatic N) is 4. The fourth-order valence-corrected chi connectivity index (χ4v) is 3.39. The maximum absolute atomic E-state index is 5.46. The van der Waals surface area contributed by atoms with Gasteiger partial charge in [-0.05, 0) is 0 Å². The summed E-state index contributed by atoms with van der Waals surface area (Å²) in [4.78, 5) is 13.9. The van der Waals surface area contributed by atoms with Crippen molar-refractivity contribution in [1.82, 2.24) is 20.2 Å². The first-order valence-corrected chi connectivity index (χ1v) is 8.91. The number of rotatable bonds is 5. The zero-order valence-corrected chi connectivity index (χ0v) is 16.4. The minimum absolute atomic E-state index is 0.681. The van der Waals surface area contributed by atoms with Crippen LogP contribution < -0.4 is 19.7 Å². The molecule has 0 aliphatic carbocycles. The van der Waals surface area contributed by atoms with Gasteiger partial charge in [0.2, 0.25) is 0 Å². The van der Waals surface area contributed by atoms with Gasteiger partial charge in [0.25, 0.3) is 0 Å². The van der Waals surface area contributed by atoms with Crippen molar-refractivity contribution in [2.75, 3.05) is 52.3 Å². The summed E-state index contributed by atoms with van der Waals surface area (Å²) in [5.74, 6) is 3.09. The second kappa shape index (κ2) is 7.70. The average molecular weight is 380 g/mol. The van der Waals surface area contributed by atoms with Crippen molar-refractivity contribution >= 4 is 21.2 Å². The van der Waals surface area contributed by atoms with Gasteiger partial charge in [-0.1, -0.05) is 0 Å². The molecule has 133 valence electrons. The summed E-state index contributed by atoms with van der Waals surface area (Å²) in [5.41, 5.74) is 0.872. The van der Waals surface area contributed by atoms with Crippen LogP contribution in [0.5, 0.6) is 11.5 Å². The van der Waals surface area contributed by atoms with Gasteiger partial charge in [-0.3, -0.25) is 0 Å². The molecule has 8 heteroatoms. The van der Waals surface area contributed by atoms with Gasteiger partial charge < -0.3 is 0 Å². The normalized spacial score (nSPS) is 15.4. The molecule has 1 N–H and O–H groups in total. The Morgan fingerprint density at radius 1 is 1.08 bits per heavy atom. The first kappa shape index (κ1) is 18.1. The second-order valence-corrected chi connectivity index (χ2v) is 6.53. The first-order chi connectivity index (χ1) is 12.1. The predicted octanol–water partition coefficient (Wildman–Crippen LogP) is 0.931. The molecular weight excluding hydrogens is 357 g/mol. The third-order valence-corrected chi connectivity index (χ3v) is 5.19. The standard InChI is InChI=1S/C17H23N5O2.V/c1-12-19-14-10-16(24-4)15(23-3)9-13(14)17(20-12)22-7-5-21(6-8-22)11-18-2;/h9-10,18H,5-8H2,1-4H3;. The van der Waals surface area contributed by atoms with E-state index in [0.717, 1.165) is 53.2 Å². The Balaban J connectivity index is 1.97. The van der Waals surface area contributed by atoms with Gasteiger partial charge in [0, 0.05) is 0 Å². The summed E-state index contributed by atoms with van der Waals surface area (Å²) in [6.45, 7) is 5.63. The molecule has 0 bridgehead atoms. The Kier molecular flexibility index (Phi) is 5.59. The fraction of sp³-hybridized carbons (Fsp3) is 0.471. The molecule has 1 aliphatic rings. The number of aryl methyl sites for hydroxylation is 1. The van der Waals surface area contributed by atoms with Crippen LogP contribution in [-0.2, 0) is 17.0 Å². The van der Waals surface area contributed by atoms with E-state index in [4.69, 9.17) is 14.5 Å². The van der Waals surface area contributed by atoms with Crippen LogP contribution in [0.3, 0.4) is 0 Å². The van der Waals surface area contributed by atoms with E-state index in [1.807, 2.05) is 26.1 Å². The van der Waals surface area contributed by atoms with E-state index in [0.29, 0.717) is 11.5 Å². The quantitative estimate of drug-likeness (QED) is 0.828. The van der Waals surface area contributed by atoms with E-state index in [1.54, 1.807) is 14.2 Å². The fourth-order valence-electron chi connectivity index (χ4n) is 3.08. The Labute approximate surface area is 156 Å². The molecule has 2 aromatic rings. The maximum atomic E-state index is 5.46. The molecule has 1 aromatic carbocycles. The summed E-state index contributed by atoms with van der Waals surface area (Å²) in [6.07, 6.45) is 0. The van der Waals surface area contributed by atoms with Crippen molar-refractivity contribution in [1.29, 1.82) is 0 Å². The van der Waals surface area contributed by atoms with E-state index in [-0.39, 0.29) is 0 Å². The number of benzene rings is 1. The van der Waals surface area contributed by atoms with Crippen LogP contribution in [0.15, 0.2) is 12.1 Å². The third-order valence-electron chi connectivity index (χ3n) is 4.40. The molecule has 1 aromatic heterocycles. The summed E-state index contributed by atoms with van der Waals surface area (Å²) in [7, 11) is 5.23. The molecule has 2 heterocycles. The predicted molar refractivity (Wildman–Crippen MR) is 95.2 cm³/mol. The molecule has 25 heavy (non-hydrogen) atoms. The van der Waals surface area contributed by atoms with Crippen molar-refractivity contribution < 1.29 is 26.5 Å². The Hall–Kier alpha value is -1.67. The topological polar surface area (TPSA) is 62.8 Å². The second-order valence-electron chi connectivity index (χ2n) is 5.87. The number of hydrogen-bond acceptors (Lipinski definition) is 7. The molecule has 3 rings (SSSR count). The molecule has 0 amide bonds. The van der Waals surface area contributed by atoms with Crippen LogP contribution >= 0.6 is 0 Å². The molecule has 0 saturated carbocycles. The van der Waals surface area contributed by atoms with Gasteiger partial charge in [0.1, 0.15) is 0 Å². The third kappa shape index (κ3) is 3.65. The van der Waals surface area contributed by atoms with Crippen LogP contribution in [0, 0.1) is 6.92 Å². The van der Waals surface area contributed by atoms with Gasteiger partial charge in [-0.15, -0.1) is 0 Å². The van der Waals surface area contributed by atoms with E-state index >= 15 is 0 Å². The molecule has 0 radical (unpaired) electrons. The van der Waals surface area contributed by atoms with E-state index in [1.165, 1.54) is 0 Å². The van der Waals surface area contributed by atoms with Gasteiger partial charge in [0.05, 0.1) is 0 Å². The van der Waals surface area contributed by atoms with Crippen molar-refractivity contribution in [2.24, 2.45) is 0 Å². The van der Waals surface area contributed by atoms with E-state index < -0.39 is 0 Å². The number of aromatic nitrogens is 2. The first-order valence-electron chi connectivity index (χ1n) is 8.21. The van der Waals surface area contributed by atoms with Crippen LogP contribution in [0.4, 0.5) is 5.82 Å². The number of hydrogen-bond donors (Lipinski definition) is 1. The summed E-state index contributed by atoms with van der Waals surface area (Å²) >= 11 is 2.59. The van der Waals surface area contributed by atoms with Gasteiger partial charge in [-0.25, -0.2) is 0 Å². The summed E-state index contributed by atoms with van der Waals surface area (Å²) < 4.78 is 12.0. The molecule has 1 aliphatic heterocycles. The van der Waals surface area contributed by atoms with Crippen molar-refractivity contribution in [2.45, 2.75) is 6.92 Å². The number of methoxy groups -OCH3 is 2. The van der Waals surface area contributed by atoms with Crippen LogP contribution in [0.2, 0.25) is 0 Å². The molecule has 0 atom stereocenters. The monoisotopic (exact) mass is 380 g/mol. The van der Waals surface area contributed by atoms with Crippen LogP contribution in [0.25, 0.3) is 10.9 Å². The van der Waals surface area contributed by atoms with Crippen molar-refractivity contribution in [3.8, 4) is 11.5 Å². The van der Waals surface area contributed by atoms with Crippen molar-refractivity contribution in [3.63, 3.8) is 0 Å². The number of ether oxygens (including phenoxy) is 2. The van der Waals surface area contributed by atoms with Crippen molar-refractivity contribution in [3.05, 3.63) is 18.0 Å². The minimum atomic E-state index is 0.681. The zero-order chi connectivity index (χ0) is 18.0. The Bertz CT molecular complexity index is 790. The van der Waals surface area contributed by atoms with Gasteiger partial charge in [0.15, 0.2) is 0 Å². The zero-order valence-electron chi connectivity index (χ0n) is 15.0. The molecule has 1 saturated heterocycles. The molecular formula is C17H23N5O2V. The van der Waals surface area contributed by atoms with Gasteiger partial charge in [-0.2, -0.15) is 0 Å². The Morgan fingerprint density at radius 2 is 1.72 bits per heavy atom. The molecule has 7 nitrogen and oxygen atoms in total. The Morgan fingerprint density at radius 3 is 2.32 bits per heavy atom. The molecule has 0 spiro atoms. The molecule has 0 unspecified atom stereocenters. The number of nitrogens with one attached hydrogen (secondary N) is 1. The van der Waals surface area contributed by atoms with Crippen LogP contribution in [0.1, 0.15) is 5.82 Å². The number of piperazine rings is 1. The SMILES string of the molecule is CN[C](=[V])N1CCN(c2nc(C)nc3cc(OC)c(OC)cc23)CC1. The average Bonchev–Trinajstić information content (AvgIpc) is 2.65. The summed E-state index contributed by atoms with van der Waals surface area (Å²) in [5, 5.41) is 4.18. The number of fused-ring (bicyclic) bond motifs is 1. The number of anilines is 1.